The predicted molar refractivity (Wildman–Crippen MR) is 104 cm³/mol. The fraction of sp³-hybridized carbons (Fsp3) is 0.409. The highest BCUT2D eigenvalue weighted by atomic mass is 19.1. The molecule has 1 saturated heterocycles. The van der Waals surface area contributed by atoms with Gasteiger partial charge in [-0.25, -0.2) is 4.39 Å². The van der Waals surface area contributed by atoms with Gasteiger partial charge in [0.05, 0.1) is 13.5 Å². The Bertz CT molecular complexity index is 740. The number of carbonyl (C=O) groups is 1. The van der Waals surface area contributed by atoms with Gasteiger partial charge in [-0.05, 0) is 54.8 Å². The van der Waals surface area contributed by atoms with Crippen molar-refractivity contribution in [1.29, 1.82) is 0 Å². The number of halogens is 1. The van der Waals surface area contributed by atoms with Gasteiger partial charge in [0, 0.05) is 26.2 Å². The van der Waals surface area contributed by atoms with Gasteiger partial charge in [-0.15, -0.1) is 0 Å². The highest BCUT2D eigenvalue weighted by Gasteiger charge is 2.20. The lowest BCUT2D eigenvalue weighted by Crippen LogP contribution is -2.49. The molecule has 0 atom stereocenters. The maximum absolute atomic E-state index is 13.2. The van der Waals surface area contributed by atoms with Crippen LogP contribution in [0.15, 0.2) is 48.5 Å². The summed E-state index contributed by atoms with van der Waals surface area (Å²) in [6.45, 7) is 4.33. The van der Waals surface area contributed by atoms with Gasteiger partial charge in [0.25, 0.3) is 0 Å². The van der Waals surface area contributed by atoms with Gasteiger partial charge in [-0.3, -0.25) is 9.69 Å². The molecule has 2 aromatic carbocycles. The number of rotatable bonds is 7. The van der Waals surface area contributed by atoms with Crippen LogP contribution in [0.3, 0.4) is 0 Å². The van der Waals surface area contributed by atoms with Crippen molar-refractivity contribution in [2.45, 2.75) is 19.3 Å². The van der Waals surface area contributed by atoms with Crippen LogP contribution in [0.4, 0.5) is 4.39 Å². The molecule has 144 valence electrons. The predicted octanol–water partition coefficient (Wildman–Crippen LogP) is 3.15. The highest BCUT2D eigenvalue weighted by molar-refractivity contribution is 5.78. The Labute approximate surface area is 160 Å². The summed E-state index contributed by atoms with van der Waals surface area (Å²) in [6, 6.07) is 14.5. The van der Waals surface area contributed by atoms with E-state index in [1.54, 1.807) is 19.2 Å². The molecule has 2 aromatic rings. The number of carbonyl (C=O) groups excluding carboxylic acids is 1. The second-order valence-electron chi connectivity index (χ2n) is 6.98. The molecule has 0 saturated carbocycles. The van der Waals surface area contributed by atoms with E-state index >= 15 is 0 Å². The Kier molecular flexibility index (Phi) is 6.82. The maximum atomic E-state index is 13.2. The van der Waals surface area contributed by atoms with Crippen LogP contribution in [0.5, 0.6) is 5.75 Å². The van der Waals surface area contributed by atoms with Crippen LogP contribution in [0, 0.1) is 5.82 Å². The van der Waals surface area contributed by atoms with E-state index in [1.165, 1.54) is 6.07 Å². The first-order valence-corrected chi connectivity index (χ1v) is 9.51. The Morgan fingerprint density at radius 3 is 2.44 bits per heavy atom. The molecule has 0 unspecified atom stereocenters. The van der Waals surface area contributed by atoms with Crippen molar-refractivity contribution >= 4 is 5.91 Å². The van der Waals surface area contributed by atoms with Crippen molar-refractivity contribution in [3.63, 3.8) is 0 Å². The largest absolute Gasteiger partial charge is 0.497 e. The summed E-state index contributed by atoms with van der Waals surface area (Å²) in [5.74, 6) is 0.814. The molecule has 0 spiro atoms. The van der Waals surface area contributed by atoms with Crippen molar-refractivity contribution in [2.75, 3.05) is 39.8 Å². The first-order valence-electron chi connectivity index (χ1n) is 9.51. The molecule has 4 nitrogen and oxygen atoms in total. The van der Waals surface area contributed by atoms with E-state index in [2.05, 4.69) is 4.90 Å². The first kappa shape index (κ1) is 19.4. The molecular formula is C22H27FN2O2. The van der Waals surface area contributed by atoms with Crippen LogP contribution in [-0.4, -0.2) is 55.5 Å². The Morgan fingerprint density at radius 1 is 1.04 bits per heavy atom. The lowest BCUT2D eigenvalue weighted by Gasteiger charge is -2.34. The SMILES string of the molecule is COc1ccc(CC(=O)N2CCN(CCCc3cccc(F)c3)CC2)cc1. The molecule has 1 aliphatic heterocycles. The minimum Gasteiger partial charge on any atom is -0.497 e. The van der Waals surface area contributed by atoms with E-state index in [0.29, 0.717) is 6.42 Å². The Morgan fingerprint density at radius 2 is 1.78 bits per heavy atom. The molecular weight excluding hydrogens is 343 g/mol. The monoisotopic (exact) mass is 370 g/mol. The second-order valence-corrected chi connectivity index (χ2v) is 6.98. The van der Waals surface area contributed by atoms with Crippen LogP contribution in [0.2, 0.25) is 0 Å². The summed E-state index contributed by atoms with van der Waals surface area (Å²) in [7, 11) is 1.64. The summed E-state index contributed by atoms with van der Waals surface area (Å²) in [5, 5.41) is 0. The summed E-state index contributed by atoms with van der Waals surface area (Å²) in [5.41, 5.74) is 2.06. The van der Waals surface area contributed by atoms with Gasteiger partial charge in [0.15, 0.2) is 0 Å². The van der Waals surface area contributed by atoms with E-state index in [-0.39, 0.29) is 11.7 Å². The van der Waals surface area contributed by atoms with E-state index in [1.807, 2.05) is 35.2 Å². The van der Waals surface area contributed by atoms with Crippen molar-refractivity contribution in [2.24, 2.45) is 0 Å². The quantitative estimate of drug-likeness (QED) is 0.751. The molecule has 1 aliphatic rings. The molecule has 0 aliphatic carbocycles. The molecule has 0 radical (unpaired) electrons. The first-order chi connectivity index (χ1) is 13.1. The zero-order valence-corrected chi connectivity index (χ0v) is 15.9. The number of nitrogens with zero attached hydrogens (tertiary/aromatic N) is 2. The molecule has 27 heavy (non-hydrogen) atoms. The molecule has 0 N–H and O–H groups in total. The third-order valence-corrected chi connectivity index (χ3v) is 5.07. The molecule has 3 rings (SSSR count). The summed E-state index contributed by atoms with van der Waals surface area (Å²) in [6.07, 6.45) is 2.32. The van der Waals surface area contributed by atoms with Gasteiger partial charge >= 0.3 is 0 Å². The van der Waals surface area contributed by atoms with Crippen molar-refractivity contribution in [3.8, 4) is 5.75 Å². The molecule has 5 heteroatoms. The molecule has 1 heterocycles. The van der Waals surface area contributed by atoms with E-state index in [0.717, 1.165) is 62.4 Å². The number of benzene rings is 2. The van der Waals surface area contributed by atoms with Crippen LogP contribution < -0.4 is 4.74 Å². The number of piperazine rings is 1. The summed E-state index contributed by atoms with van der Waals surface area (Å²) < 4.78 is 18.4. The van der Waals surface area contributed by atoms with Gasteiger partial charge in [0.2, 0.25) is 5.91 Å². The van der Waals surface area contributed by atoms with E-state index in [4.69, 9.17) is 4.74 Å². The minimum atomic E-state index is -0.170. The topological polar surface area (TPSA) is 32.8 Å². The lowest BCUT2D eigenvalue weighted by molar-refractivity contribution is -0.132. The normalized spacial score (nSPS) is 15.0. The highest BCUT2D eigenvalue weighted by Crippen LogP contribution is 2.13. The number of aryl methyl sites for hydroxylation is 1. The summed E-state index contributed by atoms with van der Waals surface area (Å²) >= 11 is 0. The third kappa shape index (κ3) is 5.79. The zero-order valence-electron chi connectivity index (χ0n) is 15.9. The molecule has 1 amide bonds. The maximum Gasteiger partial charge on any atom is 0.227 e. The van der Waals surface area contributed by atoms with E-state index in [9.17, 15) is 9.18 Å². The van der Waals surface area contributed by atoms with Gasteiger partial charge in [-0.2, -0.15) is 0 Å². The van der Waals surface area contributed by atoms with Crippen molar-refractivity contribution in [3.05, 3.63) is 65.5 Å². The van der Waals surface area contributed by atoms with Gasteiger partial charge in [-0.1, -0.05) is 24.3 Å². The molecule has 0 bridgehead atoms. The third-order valence-electron chi connectivity index (χ3n) is 5.07. The van der Waals surface area contributed by atoms with Crippen molar-refractivity contribution in [1.82, 2.24) is 9.80 Å². The Hall–Kier alpha value is -2.40. The van der Waals surface area contributed by atoms with Crippen LogP contribution in [0.25, 0.3) is 0 Å². The fourth-order valence-electron chi connectivity index (χ4n) is 3.45. The molecule has 1 fully saturated rings. The molecule has 0 aromatic heterocycles. The Balaban J connectivity index is 1.38. The lowest BCUT2D eigenvalue weighted by atomic mass is 10.1. The average Bonchev–Trinajstić information content (AvgIpc) is 2.69. The van der Waals surface area contributed by atoms with Gasteiger partial charge < -0.3 is 9.64 Å². The summed E-state index contributed by atoms with van der Waals surface area (Å²) in [4.78, 5) is 16.8. The number of ether oxygens (including phenoxy) is 1. The van der Waals surface area contributed by atoms with Gasteiger partial charge in [0.1, 0.15) is 11.6 Å². The standard InChI is InChI=1S/C22H27FN2O2/c1-27-21-9-7-19(8-10-21)17-22(26)25-14-12-24(13-15-25)11-3-5-18-4-2-6-20(23)16-18/h2,4,6-10,16H,3,5,11-15,17H2,1H3. The second kappa shape index (κ2) is 9.51. The average molecular weight is 370 g/mol. The minimum absolute atomic E-state index is 0.170. The van der Waals surface area contributed by atoms with Crippen LogP contribution >= 0.6 is 0 Å². The number of hydrogen-bond acceptors (Lipinski definition) is 3. The number of amides is 1. The zero-order chi connectivity index (χ0) is 19.1. The fourth-order valence-corrected chi connectivity index (χ4v) is 3.45. The number of methoxy groups -OCH3 is 1. The van der Waals surface area contributed by atoms with Crippen molar-refractivity contribution < 1.29 is 13.9 Å². The van der Waals surface area contributed by atoms with Crippen LogP contribution in [-0.2, 0) is 17.6 Å². The van der Waals surface area contributed by atoms with Crippen LogP contribution in [0.1, 0.15) is 17.5 Å². The smallest absolute Gasteiger partial charge is 0.227 e. The van der Waals surface area contributed by atoms with E-state index < -0.39 is 0 Å². The number of hydrogen-bond donors (Lipinski definition) is 0.